The van der Waals surface area contributed by atoms with Crippen LogP contribution in [0.2, 0.25) is 5.02 Å². The van der Waals surface area contributed by atoms with Crippen molar-refractivity contribution in [3.05, 3.63) is 70.4 Å². The Kier molecular flexibility index (Phi) is 4.40. The number of H-pyrrole nitrogens is 1. The van der Waals surface area contributed by atoms with Crippen LogP contribution in [0, 0.1) is 6.92 Å². The number of hydrogen-bond donors (Lipinski definition) is 2. The fourth-order valence-corrected chi connectivity index (χ4v) is 3.15. The predicted molar refractivity (Wildman–Crippen MR) is 95.4 cm³/mol. The lowest BCUT2D eigenvalue weighted by molar-refractivity contribution is -0.117. The summed E-state index contributed by atoms with van der Waals surface area (Å²) < 4.78 is 0. The van der Waals surface area contributed by atoms with Gasteiger partial charge in [-0.1, -0.05) is 48.0 Å². The molecular weight excluding hydrogens is 324 g/mol. The number of aromatic amines is 1. The number of Topliss-reactive ketones (excluding diaryl/α,β-unsaturated/α-hetero) is 1. The Hall–Kier alpha value is -2.59. The second-order valence-corrected chi connectivity index (χ2v) is 6.12. The number of para-hydroxylation sites is 1. The molecule has 0 bridgehead atoms. The Morgan fingerprint density at radius 3 is 2.50 bits per heavy atom. The molecule has 3 rings (SSSR count). The summed E-state index contributed by atoms with van der Waals surface area (Å²) in [7, 11) is 0. The van der Waals surface area contributed by atoms with Gasteiger partial charge in [0.2, 0.25) is 0 Å². The number of carbonyl (C=O) groups is 2. The Balaban J connectivity index is 1.86. The average Bonchev–Trinajstić information content (AvgIpc) is 2.90. The first-order valence-electron chi connectivity index (χ1n) is 7.66. The van der Waals surface area contributed by atoms with Gasteiger partial charge in [0.15, 0.2) is 0 Å². The number of carbonyl (C=O) groups excluding carboxylic acids is 2. The van der Waals surface area contributed by atoms with E-state index in [1.165, 1.54) is 0 Å². The minimum absolute atomic E-state index is 0.360. The Morgan fingerprint density at radius 2 is 1.75 bits per heavy atom. The van der Waals surface area contributed by atoms with E-state index in [4.69, 9.17) is 11.6 Å². The number of aryl methyl sites for hydroxylation is 1. The molecule has 0 aliphatic heterocycles. The van der Waals surface area contributed by atoms with Crippen molar-refractivity contribution >= 4 is 34.2 Å². The quantitative estimate of drug-likeness (QED) is 0.552. The van der Waals surface area contributed by atoms with Gasteiger partial charge in [-0.2, -0.15) is 0 Å². The van der Waals surface area contributed by atoms with Crippen LogP contribution >= 0.6 is 11.6 Å². The number of rotatable bonds is 4. The number of benzene rings is 2. The normalized spacial score (nSPS) is 12.1. The maximum atomic E-state index is 12.6. The van der Waals surface area contributed by atoms with Crippen molar-refractivity contribution in [3.8, 4) is 0 Å². The third-order valence-electron chi connectivity index (χ3n) is 4.05. The topological polar surface area (TPSA) is 62.0 Å². The van der Waals surface area contributed by atoms with Crippen molar-refractivity contribution in [2.45, 2.75) is 19.9 Å². The smallest absolute Gasteiger partial charge is 0.292 e. The molecule has 0 saturated carbocycles. The molecular formula is C19H17ClN2O2. The molecule has 24 heavy (non-hydrogen) atoms. The Morgan fingerprint density at radius 1 is 1.08 bits per heavy atom. The van der Waals surface area contributed by atoms with Crippen LogP contribution in [-0.4, -0.2) is 16.7 Å². The molecule has 5 heteroatoms. The minimum atomic E-state index is -0.643. The first-order valence-corrected chi connectivity index (χ1v) is 8.03. The number of ketones is 1. The van der Waals surface area contributed by atoms with Crippen LogP contribution in [0.25, 0.3) is 10.9 Å². The van der Waals surface area contributed by atoms with E-state index in [0.717, 1.165) is 16.5 Å². The highest BCUT2D eigenvalue weighted by atomic mass is 35.5. The van der Waals surface area contributed by atoms with Crippen molar-refractivity contribution in [3.63, 3.8) is 0 Å². The van der Waals surface area contributed by atoms with Crippen LogP contribution in [-0.2, 0) is 4.79 Å². The summed E-state index contributed by atoms with van der Waals surface area (Å²) in [4.78, 5) is 28.2. The fourth-order valence-electron chi connectivity index (χ4n) is 2.85. The zero-order valence-electron chi connectivity index (χ0n) is 13.4. The molecule has 0 spiro atoms. The zero-order valence-corrected chi connectivity index (χ0v) is 14.1. The molecule has 1 atom stereocenters. The van der Waals surface area contributed by atoms with E-state index in [9.17, 15) is 9.59 Å². The molecule has 122 valence electrons. The van der Waals surface area contributed by atoms with Gasteiger partial charge in [-0.3, -0.25) is 9.59 Å². The van der Waals surface area contributed by atoms with Gasteiger partial charge in [0, 0.05) is 21.6 Å². The van der Waals surface area contributed by atoms with E-state index in [2.05, 4.69) is 10.3 Å². The number of nitrogens with one attached hydrogen (secondary N) is 2. The molecule has 0 aliphatic carbocycles. The van der Waals surface area contributed by atoms with Crippen molar-refractivity contribution in [2.24, 2.45) is 0 Å². The molecule has 1 heterocycles. The molecule has 1 unspecified atom stereocenters. The van der Waals surface area contributed by atoms with Crippen molar-refractivity contribution in [2.75, 3.05) is 0 Å². The average molecular weight is 341 g/mol. The third-order valence-corrected chi connectivity index (χ3v) is 4.39. The van der Waals surface area contributed by atoms with Gasteiger partial charge in [0.1, 0.15) is 0 Å². The molecule has 0 radical (unpaired) electrons. The van der Waals surface area contributed by atoms with E-state index >= 15 is 0 Å². The molecule has 0 saturated heterocycles. The number of halogens is 1. The van der Waals surface area contributed by atoms with Gasteiger partial charge in [-0.05, 0) is 31.5 Å². The van der Waals surface area contributed by atoms with Crippen LogP contribution in [0.5, 0.6) is 0 Å². The minimum Gasteiger partial charge on any atom is -0.358 e. The summed E-state index contributed by atoms with van der Waals surface area (Å²) in [6, 6.07) is 14.3. The van der Waals surface area contributed by atoms with Gasteiger partial charge in [0.05, 0.1) is 11.6 Å². The Bertz CT molecular complexity index is 930. The second kappa shape index (κ2) is 6.49. The summed E-state index contributed by atoms with van der Waals surface area (Å²) >= 11 is 6.14. The number of aromatic nitrogens is 1. The molecule has 1 amide bonds. The van der Waals surface area contributed by atoms with E-state index in [1.807, 2.05) is 42.5 Å². The van der Waals surface area contributed by atoms with Gasteiger partial charge >= 0.3 is 0 Å². The molecule has 2 N–H and O–H groups in total. The summed E-state index contributed by atoms with van der Waals surface area (Å²) in [5.41, 5.74) is 2.71. The maximum Gasteiger partial charge on any atom is 0.292 e. The van der Waals surface area contributed by atoms with Crippen molar-refractivity contribution in [1.82, 2.24) is 10.3 Å². The second-order valence-electron chi connectivity index (χ2n) is 5.72. The van der Waals surface area contributed by atoms with Crippen LogP contribution in [0.3, 0.4) is 0 Å². The molecule has 4 nitrogen and oxygen atoms in total. The van der Waals surface area contributed by atoms with E-state index in [0.29, 0.717) is 16.3 Å². The van der Waals surface area contributed by atoms with Gasteiger partial charge in [0.25, 0.3) is 11.7 Å². The third kappa shape index (κ3) is 2.93. The van der Waals surface area contributed by atoms with Crippen molar-refractivity contribution < 1.29 is 9.59 Å². The van der Waals surface area contributed by atoms with Crippen LogP contribution in [0.1, 0.15) is 34.6 Å². The molecule has 3 aromatic rings. The summed E-state index contributed by atoms with van der Waals surface area (Å²) in [5.74, 6) is -1.20. The summed E-state index contributed by atoms with van der Waals surface area (Å²) in [6.45, 7) is 3.59. The van der Waals surface area contributed by atoms with E-state index in [-0.39, 0.29) is 6.04 Å². The number of fused-ring (bicyclic) bond motifs is 1. The monoisotopic (exact) mass is 340 g/mol. The Labute approximate surface area is 144 Å². The highest BCUT2D eigenvalue weighted by molar-refractivity contribution is 6.45. The summed E-state index contributed by atoms with van der Waals surface area (Å²) in [5, 5.41) is 4.04. The molecule has 2 aromatic carbocycles. The lowest BCUT2D eigenvalue weighted by Gasteiger charge is -2.15. The lowest BCUT2D eigenvalue weighted by Crippen LogP contribution is -2.33. The van der Waals surface area contributed by atoms with Crippen LogP contribution < -0.4 is 5.32 Å². The van der Waals surface area contributed by atoms with E-state index in [1.54, 1.807) is 19.9 Å². The summed E-state index contributed by atoms with van der Waals surface area (Å²) in [6.07, 6.45) is 0. The standard InChI is InChI=1S/C19H17ClN2O2/c1-11(13-7-3-5-9-15(13)20)22-19(24)18(23)17-12(2)21-16-10-6-4-8-14(16)17/h3-11,21H,1-2H3,(H,22,24). The SMILES string of the molecule is Cc1[nH]c2ccccc2c1C(=O)C(=O)NC(C)c1ccccc1Cl. The largest absolute Gasteiger partial charge is 0.358 e. The van der Waals surface area contributed by atoms with Gasteiger partial charge < -0.3 is 10.3 Å². The molecule has 0 fully saturated rings. The molecule has 0 aliphatic rings. The van der Waals surface area contributed by atoms with Crippen LogP contribution in [0.4, 0.5) is 0 Å². The first kappa shape index (κ1) is 16.3. The zero-order chi connectivity index (χ0) is 17.3. The fraction of sp³-hybridized carbons (Fsp3) is 0.158. The predicted octanol–water partition coefficient (Wildman–Crippen LogP) is 4.19. The lowest BCUT2D eigenvalue weighted by atomic mass is 10.0. The number of hydrogen-bond acceptors (Lipinski definition) is 2. The van der Waals surface area contributed by atoms with Crippen molar-refractivity contribution in [1.29, 1.82) is 0 Å². The highest BCUT2D eigenvalue weighted by Crippen LogP contribution is 2.24. The van der Waals surface area contributed by atoms with Gasteiger partial charge in [-0.15, -0.1) is 0 Å². The number of amides is 1. The maximum absolute atomic E-state index is 12.6. The molecule has 1 aromatic heterocycles. The van der Waals surface area contributed by atoms with Gasteiger partial charge in [-0.25, -0.2) is 0 Å². The highest BCUT2D eigenvalue weighted by Gasteiger charge is 2.24. The van der Waals surface area contributed by atoms with E-state index < -0.39 is 11.7 Å². The first-order chi connectivity index (χ1) is 11.5. The van der Waals surface area contributed by atoms with Crippen LogP contribution in [0.15, 0.2) is 48.5 Å².